The van der Waals surface area contributed by atoms with E-state index in [0.717, 1.165) is 10.9 Å². The Kier molecular flexibility index (Phi) is 5.44. The summed E-state index contributed by atoms with van der Waals surface area (Å²) in [6, 6.07) is 4.71. The van der Waals surface area contributed by atoms with E-state index in [-0.39, 0.29) is 11.7 Å². The first-order valence-corrected chi connectivity index (χ1v) is 6.02. The molecule has 0 aromatic heterocycles. The number of hydrogen-bond donors (Lipinski definition) is 1. The summed E-state index contributed by atoms with van der Waals surface area (Å²) in [4.78, 5) is 10.8. The fourth-order valence-corrected chi connectivity index (χ4v) is 1.63. The van der Waals surface area contributed by atoms with Crippen LogP contribution in [0.1, 0.15) is 23.7 Å². The molecule has 1 N–H and O–H groups in total. The summed E-state index contributed by atoms with van der Waals surface area (Å²) in [6.45, 7) is 2.52. The highest BCUT2D eigenvalue weighted by molar-refractivity contribution is 9.10. The second-order valence-corrected chi connectivity index (χ2v) is 4.51. The summed E-state index contributed by atoms with van der Waals surface area (Å²) >= 11 is 3.33. The van der Waals surface area contributed by atoms with Crippen LogP contribution in [0.2, 0.25) is 0 Å². The molecule has 1 aromatic carbocycles. The van der Waals surface area contributed by atoms with E-state index in [1.54, 1.807) is 13.2 Å². The Morgan fingerprint density at radius 3 is 2.82 bits per heavy atom. The maximum absolute atomic E-state index is 10.8. The molecule has 0 spiro atoms. The summed E-state index contributed by atoms with van der Waals surface area (Å²) in [7, 11) is 1.63. The van der Waals surface area contributed by atoms with E-state index in [1.807, 2.05) is 6.92 Å². The second-order valence-electron chi connectivity index (χ2n) is 3.66. The molecule has 1 unspecified atom stereocenters. The molecule has 0 aliphatic rings. The van der Waals surface area contributed by atoms with E-state index in [1.165, 1.54) is 12.1 Å². The van der Waals surface area contributed by atoms with E-state index in [4.69, 9.17) is 14.6 Å². The van der Waals surface area contributed by atoms with Gasteiger partial charge in [-0.3, -0.25) is 0 Å². The Morgan fingerprint density at radius 2 is 2.24 bits per heavy atom. The van der Waals surface area contributed by atoms with E-state index in [9.17, 15) is 4.79 Å². The van der Waals surface area contributed by atoms with Crippen LogP contribution in [0.3, 0.4) is 0 Å². The van der Waals surface area contributed by atoms with Crippen LogP contribution in [0.4, 0.5) is 0 Å². The molecule has 0 aliphatic heterocycles. The first kappa shape index (κ1) is 14.0. The van der Waals surface area contributed by atoms with Gasteiger partial charge in [0.15, 0.2) is 0 Å². The molecule has 17 heavy (non-hydrogen) atoms. The van der Waals surface area contributed by atoms with Gasteiger partial charge in [0.1, 0.15) is 5.75 Å². The van der Waals surface area contributed by atoms with E-state index >= 15 is 0 Å². The lowest BCUT2D eigenvalue weighted by molar-refractivity contribution is 0.0695. The molecule has 4 nitrogen and oxygen atoms in total. The molecular weight excluding hydrogens is 288 g/mol. The molecule has 1 aromatic rings. The highest BCUT2D eigenvalue weighted by Gasteiger charge is 2.10. The van der Waals surface area contributed by atoms with Gasteiger partial charge >= 0.3 is 5.97 Å². The molecule has 0 bridgehead atoms. The number of carboxylic acid groups (broad SMARTS) is 1. The minimum atomic E-state index is -0.966. The third-order valence-electron chi connectivity index (χ3n) is 2.23. The quantitative estimate of drug-likeness (QED) is 0.878. The van der Waals surface area contributed by atoms with Crippen LogP contribution in [-0.2, 0) is 4.74 Å². The van der Waals surface area contributed by atoms with Gasteiger partial charge in [-0.1, -0.05) is 0 Å². The van der Waals surface area contributed by atoms with Crippen LogP contribution in [0.15, 0.2) is 22.7 Å². The van der Waals surface area contributed by atoms with Gasteiger partial charge in [0.2, 0.25) is 0 Å². The number of methoxy groups -OCH3 is 1. The van der Waals surface area contributed by atoms with Gasteiger partial charge in [-0.05, 0) is 41.1 Å². The molecule has 0 radical (unpaired) electrons. The van der Waals surface area contributed by atoms with Crippen molar-refractivity contribution in [1.29, 1.82) is 0 Å². The van der Waals surface area contributed by atoms with Crippen molar-refractivity contribution >= 4 is 21.9 Å². The summed E-state index contributed by atoms with van der Waals surface area (Å²) in [5.74, 6) is -0.430. The van der Waals surface area contributed by atoms with Crippen molar-refractivity contribution in [3.05, 3.63) is 28.2 Å². The molecule has 1 rings (SSSR count). The normalized spacial score (nSPS) is 12.2. The summed E-state index contributed by atoms with van der Waals surface area (Å²) in [6.07, 6.45) is 0.718. The highest BCUT2D eigenvalue weighted by Crippen LogP contribution is 2.27. The third-order valence-corrected chi connectivity index (χ3v) is 2.89. The Bertz CT molecular complexity index is 392. The monoisotopic (exact) mass is 302 g/mol. The molecule has 0 fully saturated rings. The standard InChI is InChI=1S/C12H15BrO4/c1-8(5-6-16-2)17-11-7-9(12(14)15)3-4-10(11)13/h3-4,7-8H,5-6H2,1-2H3,(H,14,15). The zero-order chi connectivity index (χ0) is 12.8. The van der Waals surface area contributed by atoms with E-state index < -0.39 is 5.97 Å². The van der Waals surface area contributed by atoms with Crippen molar-refractivity contribution in [2.24, 2.45) is 0 Å². The topological polar surface area (TPSA) is 55.8 Å². The van der Waals surface area contributed by atoms with Crippen molar-refractivity contribution < 1.29 is 19.4 Å². The SMILES string of the molecule is COCCC(C)Oc1cc(C(=O)O)ccc1Br. The van der Waals surface area contributed by atoms with Crippen LogP contribution in [0.25, 0.3) is 0 Å². The van der Waals surface area contributed by atoms with Crippen molar-refractivity contribution in [2.75, 3.05) is 13.7 Å². The fourth-order valence-electron chi connectivity index (χ4n) is 1.29. The number of rotatable bonds is 6. The molecule has 94 valence electrons. The molecule has 0 aliphatic carbocycles. The lowest BCUT2D eigenvalue weighted by Gasteiger charge is -2.15. The smallest absolute Gasteiger partial charge is 0.335 e. The van der Waals surface area contributed by atoms with Crippen LogP contribution < -0.4 is 4.74 Å². The number of halogens is 1. The van der Waals surface area contributed by atoms with Gasteiger partial charge in [-0.15, -0.1) is 0 Å². The first-order valence-electron chi connectivity index (χ1n) is 5.23. The van der Waals surface area contributed by atoms with Gasteiger partial charge in [0.25, 0.3) is 0 Å². The van der Waals surface area contributed by atoms with Crippen molar-refractivity contribution in [3.8, 4) is 5.75 Å². The molecule has 0 saturated heterocycles. The summed E-state index contributed by atoms with van der Waals surface area (Å²) in [5.41, 5.74) is 0.210. The zero-order valence-corrected chi connectivity index (χ0v) is 11.4. The van der Waals surface area contributed by atoms with E-state index in [0.29, 0.717) is 12.4 Å². The number of aromatic carboxylic acids is 1. The maximum atomic E-state index is 10.8. The lowest BCUT2D eigenvalue weighted by atomic mass is 10.2. The lowest BCUT2D eigenvalue weighted by Crippen LogP contribution is -2.14. The number of benzene rings is 1. The Balaban J connectivity index is 2.75. The van der Waals surface area contributed by atoms with Crippen LogP contribution >= 0.6 is 15.9 Å². The molecule has 5 heteroatoms. The van der Waals surface area contributed by atoms with E-state index in [2.05, 4.69) is 15.9 Å². The maximum Gasteiger partial charge on any atom is 0.335 e. The van der Waals surface area contributed by atoms with Gasteiger partial charge in [0, 0.05) is 20.1 Å². The van der Waals surface area contributed by atoms with Crippen molar-refractivity contribution in [1.82, 2.24) is 0 Å². The van der Waals surface area contributed by atoms with Crippen molar-refractivity contribution in [2.45, 2.75) is 19.4 Å². The number of hydrogen-bond acceptors (Lipinski definition) is 3. The number of ether oxygens (including phenoxy) is 2. The van der Waals surface area contributed by atoms with Crippen LogP contribution in [0, 0.1) is 0 Å². The van der Waals surface area contributed by atoms with Gasteiger partial charge in [-0.2, -0.15) is 0 Å². The minimum Gasteiger partial charge on any atom is -0.489 e. The fraction of sp³-hybridized carbons (Fsp3) is 0.417. The number of carboxylic acids is 1. The van der Waals surface area contributed by atoms with Gasteiger partial charge in [-0.25, -0.2) is 4.79 Å². The third kappa shape index (κ3) is 4.36. The predicted molar refractivity (Wildman–Crippen MR) is 67.7 cm³/mol. The molecule has 0 saturated carbocycles. The van der Waals surface area contributed by atoms with Gasteiger partial charge < -0.3 is 14.6 Å². The molecular formula is C12H15BrO4. The Morgan fingerprint density at radius 1 is 1.53 bits per heavy atom. The van der Waals surface area contributed by atoms with Crippen molar-refractivity contribution in [3.63, 3.8) is 0 Å². The summed E-state index contributed by atoms with van der Waals surface area (Å²) in [5, 5.41) is 8.88. The Hall–Kier alpha value is -1.07. The molecule has 0 heterocycles. The summed E-state index contributed by atoms with van der Waals surface area (Å²) < 4.78 is 11.3. The Labute approximate surface area is 109 Å². The zero-order valence-electron chi connectivity index (χ0n) is 9.77. The average Bonchev–Trinajstić information content (AvgIpc) is 2.29. The molecule has 0 amide bonds. The second kappa shape index (κ2) is 6.61. The predicted octanol–water partition coefficient (Wildman–Crippen LogP) is 2.95. The van der Waals surface area contributed by atoms with Gasteiger partial charge in [0.05, 0.1) is 16.1 Å². The first-order chi connectivity index (χ1) is 8.04. The highest BCUT2D eigenvalue weighted by atomic mass is 79.9. The average molecular weight is 303 g/mol. The largest absolute Gasteiger partial charge is 0.489 e. The minimum absolute atomic E-state index is 0.0321. The number of carbonyl (C=O) groups is 1. The van der Waals surface area contributed by atoms with Crippen LogP contribution in [-0.4, -0.2) is 30.9 Å². The van der Waals surface area contributed by atoms with Crippen LogP contribution in [0.5, 0.6) is 5.75 Å². The molecule has 1 atom stereocenters.